The minimum absolute atomic E-state index is 0.0184. The monoisotopic (exact) mass is 285 g/mol. The van der Waals surface area contributed by atoms with Gasteiger partial charge in [0.15, 0.2) is 0 Å². The number of para-hydroxylation sites is 1. The van der Waals surface area contributed by atoms with Crippen LogP contribution in [0.5, 0.6) is 0 Å². The van der Waals surface area contributed by atoms with Gasteiger partial charge in [0, 0.05) is 11.0 Å². The summed E-state index contributed by atoms with van der Waals surface area (Å²) in [5, 5.41) is 10.8. The minimum Gasteiger partial charge on any atom is -0.258 e. The lowest BCUT2D eigenvalue weighted by Crippen LogP contribution is -1.95. The highest BCUT2D eigenvalue weighted by molar-refractivity contribution is 7.99. The van der Waals surface area contributed by atoms with Crippen LogP contribution in [0.25, 0.3) is 0 Å². The molecule has 2 rings (SSSR count). The number of nitrogens with zero attached hydrogens (tertiary/aromatic N) is 1. The lowest BCUT2D eigenvalue weighted by atomic mass is 10.3. The van der Waals surface area contributed by atoms with Crippen LogP contribution in [-0.4, -0.2) is 4.92 Å². The predicted molar refractivity (Wildman–Crippen MR) is 63.5 cm³/mol. The van der Waals surface area contributed by atoms with Crippen molar-refractivity contribution in [3.05, 3.63) is 64.0 Å². The van der Waals surface area contributed by atoms with E-state index in [1.807, 2.05) is 0 Å². The predicted octanol–water partition coefficient (Wildman–Crippen LogP) is 4.16. The van der Waals surface area contributed by atoms with E-state index in [1.54, 1.807) is 0 Å². The van der Waals surface area contributed by atoms with Crippen molar-refractivity contribution in [1.82, 2.24) is 0 Å². The van der Waals surface area contributed by atoms with Crippen molar-refractivity contribution < 1.29 is 18.1 Å². The lowest BCUT2D eigenvalue weighted by Gasteiger charge is -2.04. The number of hydrogen-bond donors (Lipinski definition) is 0. The molecule has 2 aromatic carbocycles. The Hall–Kier alpha value is -2.02. The minimum atomic E-state index is -1.00. The molecule has 0 saturated heterocycles. The van der Waals surface area contributed by atoms with Crippen LogP contribution in [0, 0.1) is 27.6 Å². The summed E-state index contributed by atoms with van der Waals surface area (Å²) in [7, 11) is 0. The molecule has 98 valence electrons. The van der Waals surface area contributed by atoms with Crippen LogP contribution in [0.4, 0.5) is 18.9 Å². The summed E-state index contributed by atoms with van der Waals surface area (Å²) in [6.07, 6.45) is 0. The lowest BCUT2D eigenvalue weighted by molar-refractivity contribution is -0.390. The van der Waals surface area contributed by atoms with Crippen LogP contribution in [0.2, 0.25) is 0 Å². The van der Waals surface area contributed by atoms with Crippen molar-refractivity contribution in [2.75, 3.05) is 0 Å². The summed E-state index contributed by atoms with van der Waals surface area (Å²) in [5.41, 5.74) is -0.726. The molecule has 3 nitrogen and oxygen atoms in total. The average Bonchev–Trinajstić information content (AvgIpc) is 2.32. The Balaban J connectivity index is 2.44. The van der Waals surface area contributed by atoms with Gasteiger partial charge in [-0.1, -0.05) is 17.8 Å². The van der Waals surface area contributed by atoms with Crippen molar-refractivity contribution in [2.45, 2.75) is 9.79 Å². The van der Waals surface area contributed by atoms with Gasteiger partial charge in [-0.05, 0) is 24.3 Å². The topological polar surface area (TPSA) is 43.1 Å². The molecular formula is C12H6F3NO2S. The molecule has 0 amide bonds. The maximum atomic E-state index is 13.4. The first kappa shape index (κ1) is 13.4. The second kappa shape index (κ2) is 5.31. The fourth-order valence-electron chi connectivity index (χ4n) is 1.43. The molecule has 0 spiro atoms. The van der Waals surface area contributed by atoms with Crippen molar-refractivity contribution in [2.24, 2.45) is 0 Å². The fourth-order valence-corrected chi connectivity index (χ4v) is 2.38. The Bertz CT molecular complexity index is 649. The van der Waals surface area contributed by atoms with E-state index < -0.39 is 28.1 Å². The first-order valence-corrected chi connectivity index (χ1v) is 5.86. The maximum Gasteiger partial charge on any atom is 0.318 e. The third kappa shape index (κ3) is 2.87. The van der Waals surface area contributed by atoms with Crippen LogP contribution in [0.15, 0.2) is 46.2 Å². The molecule has 0 saturated carbocycles. The van der Waals surface area contributed by atoms with Crippen LogP contribution in [0.3, 0.4) is 0 Å². The van der Waals surface area contributed by atoms with Gasteiger partial charge in [0.1, 0.15) is 11.6 Å². The zero-order valence-corrected chi connectivity index (χ0v) is 10.1. The van der Waals surface area contributed by atoms with Gasteiger partial charge >= 0.3 is 5.69 Å². The summed E-state index contributed by atoms with van der Waals surface area (Å²) in [4.78, 5) is 9.83. The Morgan fingerprint density at radius 2 is 1.74 bits per heavy atom. The van der Waals surface area contributed by atoms with Gasteiger partial charge in [-0.3, -0.25) is 10.1 Å². The molecule has 0 aromatic heterocycles. The number of nitro groups is 1. The van der Waals surface area contributed by atoms with E-state index in [9.17, 15) is 23.3 Å². The molecule has 0 heterocycles. The van der Waals surface area contributed by atoms with Gasteiger partial charge < -0.3 is 0 Å². The van der Waals surface area contributed by atoms with Gasteiger partial charge in [-0.25, -0.2) is 8.78 Å². The van der Waals surface area contributed by atoms with E-state index in [2.05, 4.69) is 0 Å². The highest BCUT2D eigenvalue weighted by Crippen LogP contribution is 2.37. The molecule has 2 aromatic rings. The number of hydrogen-bond acceptors (Lipinski definition) is 3. The second-order valence-electron chi connectivity index (χ2n) is 3.52. The SMILES string of the molecule is O=[N+]([O-])c1c(F)cccc1Sc1ccc(F)cc1F. The normalized spacial score (nSPS) is 10.5. The zero-order valence-electron chi connectivity index (χ0n) is 9.27. The molecule has 19 heavy (non-hydrogen) atoms. The highest BCUT2D eigenvalue weighted by Gasteiger charge is 2.21. The first-order chi connectivity index (χ1) is 8.99. The third-order valence-corrected chi connectivity index (χ3v) is 3.35. The number of benzene rings is 2. The molecule has 0 aliphatic heterocycles. The third-order valence-electron chi connectivity index (χ3n) is 2.25. The summed E-state index contributed by atoms with van der Waals surface area (Å²) in [5.74, 6) is -2.61. The number of rotatable bonds is 3. The quantitative estimate of drug-likeness (QED) is 0.628. The molecule has 0 N–H and O–H groups in total. The Labute approximate surface area is 110 Å². The molecule has 0 bridgehead atoms. The van der Waals surface area contributed by atoms with Gasteiger partial charge in [0.2, 0.25) is 5.82 Å². The van der Waals surface area contributed by atoms with Gasteiger partial charge in [-0.15, -0.1) is 0 Å². The van der Waals surface area contributed by atoms with E-state index in [1.165, 1.54) is 12.1 Å². The molecule has 0 fully saturated rings. The average molecular weight is 285 g/mol. The fraction of sp³-hybridized carbons (Fsp3) is 0. The summed E-state index contributed by atoms with van der Waals surface area (Å²) >= 11 is 0.669. The second-order valence-corrected chi connectivity index (χ2v) is 4.60. The molecule has 7 heteroatoms. The van der Waals surface area contributed by atoms with Crippen molar-refractivity contribution >= 4 is 17.4 Å². The highest BCUT2D eigenvalue weighted by atomic mass is 32.2. The molecule has 0 unspecified atom stereocenters. The van der Waals surface area contributed by atoms with Gasteiger partial charge in [0.25, 0.3) is 0 Å². The molecule has 0 radical (unpaired) electrons. The largest absolute Gasteiger partial charge is 0.318 e. The summed E-state index contributed by atoms with van der Waals surface area (Å²) < 4.78 is 39.5. The number of halogens is 3. The van der Waals surface area contributed by atoms with Crippen molar-refractivity contribution in [1.29, 1.82) is 0 Å². The van der Waals surface area contributed by atoms with Crippen LogP contribution in [-0.2, 0) is 0 Å². The standard InChI is InChI=1S/C12H6F3NO2S/c13-7-4-5-10(9(15)6-7)19-11-3-1-2-8(14)12(11)16(17)18/h1-6H. The van der Waals surface area contributed by atoms with E-state index in [-0.39, 0.29) is 9.79 Å². The molecule has 0 aliphatic carbocycles. The van der Waals surface area contributed by atoms with Crippen LogP contribution >= 0.6 is 11.8 Å². The molecule has 0 atom stereocenters. The molecular weight excluding hydrogens is 279 g/mol. The van der Waals surface area contributed by atoms with Crippen molar-refractivity contribution in [3.8, 4) is 0 Å². The van der Waals surface area contributed by atoms with Gasteiger partial charge in [0.05, 0.1) is 9.82 Å². The summed E-state index contributed by atoms with van der Waals surface area (Å²) in [6, 6.07) is 6.36. The van der Waals surface area contributed by atoms with Crippen LogP contribution < -0.4 is 0 Å². The number of nitro benzene ring substituents is 1. The van der Waals surface area contributed by atoms with E-state index in [4.69, 9.17) is 0 Å². The Morgan fingerprint density at radius 1 is 1.00 bits per heavy atom. The first-order valence-electron chi connectivity index (χ1n) is 5.05. The Kier molecular flexibility index (Phi) is 3.75. The van der Waals surface area contributed by atoms with Crippen molar-refractivity contribution in [3.63, 3.8) is 0 Å². The smallest absolute Gasteiger partial charge is 0.258 e. The Morgan fingerprint density at radius 3 is 2.37 bits per heavy atom. The van der Waals surface area contributed by atoms with Crippen LogP contribution in [0.1, 0.15) is 0 Å². The van der Waals surface area contributed by atoms with E-state index >= 15 is 0 Å². The molecule has 0 aliphatic rings. The van der Waals surface area contributed by atoms with Gasteiger partial charge in [-0.2, -0.15) is 4.39 Å². The maximum absolute atomic E-state index is 13.4. The van der Waals surface area contributed by atoms with E-state index in [0.717, 1.165) is 18.2 Å². The summed E-state index contributed by atoms with van der Waals surface area (Å²) in [6.45, 7) is 0. The zero-order chi connectivity index (χ0) is 14.0. The van der Waals surface area contributed by atoms with E-state index in [0.29, 0.717) is 17.8 Å².